The van der Waals surface area contributed by atoms with Gasteiger partial charge in [0.2, 0.25) is 0 Å². The monoisotopic (exact) mass is 233 g/mol. The van der Waals surface area contributed by atoms with Gasteiger partial charge in [0.05, 0.1) is 17.0 Å². The van der Waals surface area contributed by atoms with Crippen molar-refractivity contribution in [3.05, 3.63) is 35.4 Å². The number of rotatable bonds is 3. The van der Waals surface area contributed by atoms with E-state index in [0.29, 0.717) is 5.56 Å². The minimum Gasteiger partial charge on any atom is -0.239 e. The Balaban J connectivity index is 2.83. The van der Waals surface area contributed by atoms with Gasteiger partial charge in [-0.15, -0.1) is 11.6 Å². The van der Waals surface area contributed by atoms with E-state index in [-0.39, 0.29) is 5.56 Å². The molecule has 0 aliphatic rings. The zero-order valence-corrected chi connectivity index (χ0v) is 8.26. The molecule has 0 aliphatic heterocycles. The molecule has 2 unspecified atom stereocenters. The van der Waals surface area contributed by atoms with Crippen LogP contribution in [-0.4, -0.2) is 12.6 Å². The standard InChI is InChI=1S/C10H7ClF3N/c11-8(9(12)10(13)14)7-3-1-6(5-15)2-4-7/h1-4,8-10H. The molecular weight excluding hydrogens is 227 g/mol. The largest absolute Gasteiger partial charge is 0.271 e. The lowest BCUT2D eigenvalue weighted by molar-refractivity contribution is 0.0476. The van der Waals surface area contributed by atoms with Crippen LogP contribution < -0.4 is 0 Å². The molecule has 5 heteroatoms. The molecule has 0 amide bonds. The molecular formula is C10H7ClF3N. The van der Waals surface area contributed by atoms with Gasteiger partial charge >= 0.3 is 0 Å². The maximum atomic E-state index is 12.8. The van der Waals surface area contributed by atoms with E-state index in [4.69, 9.17) is 16.9 Å². The van der Waals surface area contributed by atoms with Crippen molar-refractivity contribution < 1.29 is 13.2 Å². The van der Waals surface area contributed by atoms with E-state index < -0.39 is 18.0 Å². The Morgan fingerprint density at radius 2 is 1.67 bits per heavy atom. The third kappa shape index (κ3) is 2.87. The first-order valence-corrected chi connectivity index (χ1v) is 4.56. The number of benzene rings is 1. The van der Waals surface area contributed by atoms with E-state index in [9.17, 15) is 13.2 Å². The molecule has 80 valence electrons. The topological polar surface area (TPSA) is 23.8 Å². The molecule has 15 heavy (non-hydrogen) atoms. The molecule has 0 N–H and O–H groups in total. The number of hydrogen-bond acceptors (Lipinski definition) is 1. The van der Waals surface area contributed by atoms with E-state index >= 15 is 0 Å². The molecule has 1 rings (SSSR count). The molecule has 0 heterocycles. The first-order chi connectivity index (χ1) is 7.06. The Morgan fingerprint density at radius 1 is 1.13 bits per heavy atom. The number of nitrogens with zero attached hydrogens (tertiary/aromatic N) is 1. The quantitative estimate of drug-likeness (QED) is 0.734. The molecule has 0 aromatic heterocycles. The van der Waals surface area contributed by atoms with Gasteiger partial charge in [0.15, 0.2) is 6.17 Å². The highest BCUT2D eigenvalue weighted by Gasteiger charge is 2.29. The van der Waals surface area contributed by atoms with Crippen LogP contribution in [0.5, 0.6) is 0 Å². The SMILES string of the molecule is N#Cc1ccc(C(Cl)C(F)C(F)F)cc1. The Labute approximate surface area is 90.1 Å². The van der Waals surface area contributed by atoms with Gasteiger partial charge in [0, 0.05) is 0 Å². The summed E-state index contributed by atoms with van der Waals surface area (Å²) in [7, 11) is 0. The summed E-state index contributed by atoms with van der Waals surface area (Å²) >= 11 is 5.51. The summed E-state index contributed by atoms with van der Waals surface area (Å²) in [6.45, 7) is 0. The highest BCUT2D eigenvalue weighted by molar-refractivity contribution is 6.21. The predicted octanol–water partition coefficient (Wildman–Crippen LogP) is 3.44. The van der Waals surface area contributed by atoms with E-state index in [2.05, 4.69) is 0 Å². The maximum absolute atomic E-state index is 12.8. The van der Waals surface area contributed by atoms with Crippen LogP contribution in [0, 0.1) is 11.3 Å². The lowest BCUT2D eigenvalue weighted by atomic mass is 10.1. The average molecular weight is 234 g/mol. The summed E-state index contributed by atoms with van der Waals surface area (Å²) in [5, 5.41) is 7.10. The van der Waals surface area contributed by atoms with Gasteiger partial charge < -0.3 is 0 Å². The molecule has 1 aromatic rings. The van der Waals surface area contributed by atoms with Crippen LogP contribution in [0.1, 0.15) is 16.5 Å². The fourth-order valence-electron chi connectivity index (χ4n) is 1.05. The first-order valence-electron chi connectivity index (χ1n) is 4.12. The normalized spacial score (nSPS) is 14.7. The molecule has 2 atom stereocenters. The van der Waals surface area contributed by atoms with E-state index in [1.165, 1.54) is 24.3 Å². The van der Waals surface area contributed by atoms with E-state index in [1.54, 1.807) is 0 Å². The molecule has 1 nitrogen and oxygen atoms in total. The Bertz CT molecular complexity index is 358. The van der Waals surface area contributed by atoms with Crippen LogP contribution in [0.2, 0.25) is 0 Å². The minimum absolute atomic E-state index is 0.239. The Morgan fingerprint density at radius 3 is 2.07 bits per heavy atom. The van der Waals surface area contributed by atoms with Crippen molar-refractivity contribution in [2.24, 2.45) is 0 Å². The number of nitriles is 1. The lowest BCUT2D eigenvalue weighted by Gasteiger charge is -2.13. The molecule has 0 radical (unpaired) electrons. The van der Waals surface area contributed by atoms with Gasteiger partial charge in [0.25, 0.3) is 6.43 Å². The molecule has 0 aliphatic carbocycles. The van der Waals surface area contributed by atoms with Gasteiger partial charge in [-0.05, 0) is 17.7 Å². The molecule has 0 saturated carbocycles. The van der Waals surface area contributed by atoms with Crippen molar-refractivity contribution in [3.8, 4) is 6.07 Å². The van der Waals surface area contributed by atoms with Crippen LogP contribution in [-0.2, 0) is 0 Å². The zero-order valence-electron chi connectivity index (χ0n) is 7.50. The van der Waals surface area contributed by atoms with Crippen LogP contribution in [0.15, 0.2) is 24.3 Å². The van der Waals surface area contributed by atoms with Crippen molar-refractivity contribution in [1.29, 1.82) is 5.26 Å². The summed E-state index contributed by atoms with van der Waals surface area (Å²) in [5.41, 5.74) is 0.610. The Kier molecular flexibility index (Phi) is 3.98. The molecule has 0 bridgehead atoms. The Hall–Kier alpha value is -1.21. The summed E-state index contributed by atoms with van der Waals surface area (Å²) < 4.78 is 36.8. The molecule has 1 aromatic carbocycles. The lowest BCUT2D eigenvalue weighted by Crippen LogP contribution is -2.17. The van der Waals surface area contributed by atoms with Crippen LogP contribution in [0.25, 0.3) is 0 Å². The second-order valence-electron chi connectivity index (χ2n) is 2.91. The zero-order chi connectivity index (χ0) is 11.4. The first kappa shape index (κ1) is 11.9. The summed E-state index contributed by atoms with van der Waals surface area (Å²) in [5.74, 6) is 0. The smallest absolute Gasteiger partial charge is 0.239 e. The number of hydrogen-bond donors (Lipinski definition) is 0. The van der Waals surface area contributed by atoms with Crippen molar-refractivity contribution in [2.75, 3.05) is 0 Å². The van der Waals surface area contributed by atoms with Crippen molar-refractivity contribution in [3.63, 3.8) is 0 Å². The van der Waals surface area contributed by atoms with Crippen LogP contribution >= 0.6 is 11.6 Å². The van der Waals surface area contributed by atoms with Gasteiger partial charge in [-0.2, -0.15) is 5.26 Å². The maximum Gasteiger partial charge on any atom is 0.271 e. The van der Waals surface area contributed by atoms with Crippen molar-refractivity contribution >= 4 is 11.6 Å². The third-order valence-electron chi connectivity index (χ3n) is 1.88. The third-order valence-corrected chi connectivity index (χ3v) is 2.37. The summed E-state index contributed by atoms with van der Waals surface area (Å²) in [4.78, 5) is 0. The number of halogens is 4. The second kappa shape index (κ2) is 5.04. The van der Waals surface area contributed by atoms with E-state index in [0.717, 1.165) is 0 Å². The minimum atomic E-state index is -3.11. The van der Waals surface area contributed by atoms with Crippen molar-refractivity contribution in [2.45, 2.75) is 18.0 Å². The van der Waals surface area contributed by atoms with E-state index in [1.807, 2.05) is 6.07 Å². The molecule has 0 fully saturated rings. The highest BCUT2D eigenvalue weighted by atomic mass is 35.5. The van der Waals surface area contributed by atoms with Gasteiger partial charge in [-0.1, -0.05) is 12.1 Å². The average Bonchev–Trinajstić information content (AvgIpc) is 2.27. The van der Waals surface area contributed by atoms with Gasteiger partial charge in [0.1, 0.15) is 0 Å². The fourth-order valence-corrected chi connectivity index (χ4v) is 1.31. The second-order valence-corrected chi connectivity index (χ2v) is 3.38. The molecule has 0 saturated heterocycles. The summed E-state index contributed by atoms with van der Waals surface area (Å²) in [6.07, 6.45) is -5.51. The fraction of sp³-hybridized carbons (Fsp3) is 0.300. The van der Waals surface area contributed by atoms with Crippen molar-refractivity contribution in [1.82, 2.24) is 0 Å². The van der Waals surface area contributed by atoms with Gasteiger partial charge in [-0.25, -0.2) is 13.2 Å². The van der Waals surface area contributed by atoms with Gasteiger partial charge in [-0.3, -0.25) is 0 Å². The highest BCUT2D eigenvalue weighted by Crippen LogP contribution is 2.30. The summed E-state index contributed by atoms with van der Waals surface area (Å²) in [6, 6.07) is 7.40. The predicted molar refractivity (Wildman–Crippen MR) is 50.7 cm³/mol. The van der Waals surface area contributed by atoms with Crippen LogP contribution in [0.4, 0.5) is 13.2 Å². The van der Waals surface area contributed by atoms with Crippen LogP contribution in [0.3, 0.4) is 0 Å². The number of alkyl halides is 4. The molecule has 0 spiro atoms.